The van der Waals surface area contributed by atoms with Crippen LogP contribution in [0.3, 0.4) is 0 Å². The lowest BCUT2D eigenvalue weighted by Crippen LogP contribution is -2.46. The molecule has 0 saturated carbocycles. The third-order valence-corrected chi connectivity index (χ3v) is 4.90. The van der Waals surface area contributed by atoms with Crippen LogP contribution in [0.5, 0.6) is 0 Å². The fourth-order valence-electron chi connectivity index (χ4n) is 1.90. The molecule has 1 unspecified atom stereocenters. The van der Waals surface area contributed by atoms with Crippen molar-refractivity contribution >= 4 is 21.6 Å². The Bertz CT molecular complexity index is 722. The summed E-state index contributed by atoms with van der Waals surface area (Å²) in [7, 11) is -3.84. The Hall–Kier alpha value is -1.47. The Morgan fingerprint density at radius 3 is 2.52 bits per heavy atom. The molecule has 7 heteroatoms. The Morgan fingerprint density at radius 2 is 1.95 bits per heavy atom. The number of sulfonamides is 1. The van der Waals surface area contributed by atoms with Gasteiger partial charge in [-0.05, 0) is 24.6 Å². The molecular weight excluding hydrogens is 312 g/mol. The lowest BCUT2D eigenvalue weighted by atomic mass is 9.94. The minimum Gasteiger partial charge on any atom is -0.394 e. The van der Waals surface area contributed by atoms with Gasteiger partial charge in [-0.1, -0.05) is 41.9 Å². The van der Waals surface area contributed by atoms with Gasteiger partial charge in [-0.2, -0.15) is 4.72 Å². The Morgan fingerprint density at radius 1 is 1.29 bits per heavy atom. The van der Waals surface area contributed by atoms with Crippen molar-refractivity contribution in [1.82, 2.24) is 9.71 Å². The molecule has 0 fully saturated rings. The average Bonchev–Trinajstić information content (AvgIpc) is 2.47. The van der Waals surface area contributed by atoms with Crippen molar-refractivity contribution in [1.29, 1.82) is 0 Å². The molecule has 1 heterocycles. The van der Waals surface area contributed by atoms with Gasteiger partial charge in [-0.25, -0.2) is 13.4 Å². The molecule has 21 heavy (non-hydrogen) atoms. The van der Waals surface area contributed by atoms with Gasteiger partial charge >= 0.3 is 0 Å². The second-order valence-corrected chi connectivity index (χ2v) is 6.85. The number of rotatable bonds is 5. The van der Waals surface area contributed by atoms with Crippen LogP contribution in [0.4, 0.5) is 0 Å². The molecule has 112 valence electrons. The number of benzene rings is 1. The fraction of sp³-hybridized carbons (Fsp3) is 0.214. The van der Waals surface area contributed by atoms with Crippen LogP contribution in [-0.4, -0.2) is 25.1 Å². The number of halogens is 1. The molecule has 0 bridgehead atoms. The van der Waals surface area contributed by atoms with Gasteiger partial charge in [0.15, 0.2) is 0 Å². The standard InChI is InChI=1S/C14H15ClN2O3S/c1-14(10-18,11-5-3-2-4-6-11)17-21(19,20)12-7-8-16-13(15)9-12/h2-9,17-18H,10H2,1H3. The zero-order valence-electron chi connectivity index (χ0n) is 11.3. The first-order valence-electron chi connectivity index (χ1n) is 6.19. The van der Waals surface area contributed by atoms with E-state index in [4.69, 9.17) is 11.6 Å². The van der Waals surface area contributed by atoms with Crippen LogP contribution < -0.4 is 4.72 Å². The number of hydrogen-bond acceptors (Lipinski definition) is 4. The maximum atomic E-state index is 12.4. The maximum absolute atomic E-state index is 12.4. The van der Waals surface area contributed by atoms with E-state index in [1.807, 2.05) is 6.07 Å². The number of aliphatic hydroxyl groups excluding tert-OH is 1. The van der Waals surface area contributed by atoms with Crippen molar-refractivity contribution in [2.75, 3.05) is 6.61 Å². The van der Waals surface area contributed by atoms with Crippen LogP contribution in [0.25, 0.3) is 0 Å². The molecule has 2 aromatic rings. The lowest BCUT2D eigenvalue weighted by Gasteiger charge is -2.29. The van der Waals surface area contributed by atoms with Crippen molar-refractivity contribution in [2.24, 2.45) is 0 Å². The summed E-state index contributed by atoms with van der Waals surface area (Å²) in [5, 5.41) is 9.72. The predicted octanol–water partition coefficient (Wildman–Crippen LogP) is 1.92. The molecule has 1 aromatic heterocycles. The largest absolute Gasteiger partial charge is 0.394 e. The van der Waals surface area contributed by atoms with E-state index in [9.17, 15) is 13.5 Å². The van der Waals surface area contributed by atoms with E-state index in [1.165, 1.54) is 18.3 Å². The summed E-state index contributed by atoms with van der Waals surface area (Å²) in [6.07, 6.45) is 1.32. The van der Waals surface area contributed by atoms with Crippen LogP contribution in [0.1, 0.15) is 12.5 Å². The van der Waals surface area contributed by atoms with Crippen molar-refractivity contribution in [3.8, 4) is 0 Å². The van der Waals surface area contributed by atoms with Gasteiger partial charge in [-0.3, -0.25) is 0 Å². The third-order valence-electron chi connectivity index (χ3n) is 3.10. The molecule has 0 aliphatic rings. The smallest absolute Gasteiger partial charge is 0.241 e. The second kappa shape index (κ2) is 6.11. The van der Waals surface area contributed by atoms with Crippen LogP contribution in [0.2, 0.25) is 5.15 Å². The molecule has 0 aliphatic carbocycles. The van der Waals surface area contributed by atoms with Crippen LogP contribution in [-0.2, 0) is 15.6 Å². The molecule has 0 radical (unpaired) electrons. The Balaban J connectivity index is 2.38. The number of aliphatic hydroxyl groups is 1. The molecule has 2 N–H and O–H groups in total. The summed E-state index contributed by atoms with van der Waals surface area (Å²) in [6, 6.07) is 11.5. The molecule has 0 spiro atoms. The summed E-state index contributed by atoms with van der Waals surface area (Å²) in [5.74, 6) is 0. The molecule has 1 atom stereocenters. The highest BCUT2D eigenvalue weighted by atomic mass is 35.5. The summed E-state index contributed by atoms with van der Waals surface area (Å²) >= 11 is 5.72. The number of nitrogens with one attached hydrogen (secondary N) is 1. The number of aromatic nitrogens is 1. The van der Waals surface area contributed by atoms with E-state index in [0.717, 1.165) is 0 Å². The zero-order chi connectivity index (χ0) is 15.5. The van der Waals surface area contributed by atoms with Gasteiger partial charge in [-0.15, -0.1) is 0 Å². The van der Waals surface area contributed by atoms with E-state index in [2.05, 4.69) is 9.71 Å². The molecule has 5 nitrogen and oxygen atoms in total. The molecule has 0 amide bonds. The van der Waals surface area contributed by atoms with E-state index in [0.29, 0.717) is 5.56 Å². The zero-order valence-corrected chi connectivity index (χ0v) is 12.9. The summed E-state index contributed by atoms with van der Waals surface area (Å²) in [6.45, 7) is 1.23. The molecular formula is C14H15ClN2O3S. The van der Waals surface area contributed by atoms with E-state index >= 15 is 0 Å². The SMILES string of the molecule is CC(CO)(NS(=O)(=O)c1ccnc(Cl)c1)c1ccccc1. The van der Waals surface area contributed by atoms with E-state index < -0.39 is 15.6 Å². The van der Waals surface area contributed by atoms with Gasteiger partial charge in [0.1, 0.15) is 5.15 Å². The number of nitrogens with zero attached hydrogens (tertiary/aromatic N) is 1. The Labute approximate surface area is 128 Å². The fourth-order valence-corrected chi connectivity index (χ4v) is 3.53. The van der Waals surface area contributed by atoms with Crippen molar-refractivity contribution in [3.63, 3.8) is 0 Å². The lowest BCUT2D eigenvalue weighted by molar-refractivity contribution is 0.196. The molecule has 1 aromatic carbocycles. The summed E-state index contributed by atoms with van der Waals surface area (Å²) < 4.78 is 27.4. The average molecular weight is 327 g/mol. The summed E-state index contributed by atoms with van der Waals surface area (Å²) in [4.78, 5) is 3.75. The molecule has 0 aliphatic heterocycles. The topological polar surface area (TPSA) is 79.3 Å². The van der Waals surface area contributed by atoms with Crippen molar-refractivity contribution in [3.05, 3.63) is 59.4 Å². The normalized spacial score (nSPS) is 14.6. The van der Waals surface area contributed by atoms with Gasteiger partial charge in [0, 0.05) is 6.20 Å². The van der Waals surface area contributed by atoms with Gasteiger partial charge in [0.25, 0.3) is 0 Å². The first kappa shape index (κ1) is 15.9. The van der Waals surface area contributed by atoms with E-state index in [1.54, 1.807) is 31.2 Å². The van der Waals surface area contributed by atoms with Gasteiger partial charge in [0.05, 0.1) is 17.0 Å². The van der Waals surface area contributed by atoms with Crippen molar-refractivity contribution < 1.29 is 13.5 Å². The number of hydrogen-bond donors (Lipinski definition) is 2. The number of pyridine rings is 1. The van der Waals surface area contributed by atoms with Gasteiger partial charge < -0.3 is 5.11 Å². The maximum Gasteiger partial charge on any atom is 0.241 e. The first-order valence-corrected chi connectivity index (χ1v) is 8.05. The highest BCUT2D eigenvalue weighted by Crippen LogP contribution is 2.23. The molecule has 0 saturated heterocycles. The summed E-state index contributed by atoms with van der Waals surface area (Å²) in [5.41, 5.74) is -0.466. The van der Waals surface area contributed by atoms with Gasteiger partial charge in [0.2, 0.25) is 10.0 Å². The quantitative estimate of drug-likeness (QED) is 0.823. The van der Waals surface area contributed by atoms with Crippen LogP contribution in [0, 0.1) is 0 Å². The van der Waals surface area contributed by atoms with Crippen molar-refractivity contribution in [2.45, 2.75) is 17.4 Å². The van der Waals surface area contributed by atoms with E-state index in [-0.39, 0.29) is 16.7 Å². The minimum absolute atomic E-state index is 0.00175. The first-order chi connectivity index (χ1) is 9.87. The third kappa shape index (κ3) is 3.59. The predicted molar refractivity (Wildman–Crippen MR) is 80.4 cm³/mol. The monoisotopic (exact) mass is 326 g/mol. The highest BCUT2D eigenvalue weighted by molar-refractivity contribution is 7.89. The second-order valence-electron chi connectivity index (χ2n) is 4.78. The molecule has 2 rings (SSSR count). The van der Waals surface area contributed by atoms with Crippen LogP contribution >= 0.6 is 11.6 Å². The Kier molecular flexibility index (Phi) is 4.63. The highest BCUT2D eigenvalue weighted by Gasteiger charge is 2.32. The minimum atomic E-state index is -3.84. The van der Waals surface area contributed by atoms with Crippen LogP contribution in [0.15, 0.2) is 53.6 Å².